The molecule has 1 aliphatic heterocycles. The molecule has 3 aromatic rings. The second-order valence-electron chi connectivity index (χ2n) is 7.93. The maximum atomic E-state index is 13.3. The molecule has 0 spiro atoms. The van der Waals surface area contributed by atoms with E-state index in [1.807, 2.05) is 60.7 Å². The number of hydrogen-bond donors (Lipinski definition) is 2. The van der Waals surface area contributed by atoms with Crippen LogP contribution in [0.2, 0.25) is 0 Å². The minimum absolute atomic E-state index is 0.0823. The van der Waals surface area contributed by atoms with Gasteiger partial charge in [-0.05, 0) is 30.5 Å². The Bertz CT molecular complexity index is 1040. The van der Waals surface area contributed by atoms with E-state index in [1.165, 1.54) is 11.3 Å². The molecule has 2 amide bonds. The first-order valence-corrected chi connectivity index (χ1v) is 12.0. The molecule has 0 saturated carbocycles. The van der Waals surface area contributed by atoms with Crippen LogP contribution in [-0.2, 0) is 16.1 Å². The van der Waals surface area contributed by atoms with Gasteiger partial charge < -0.3 is 20.3 Å². The number of hydrogen-bond acceptors (Lipinski definition) is 6. The van der Waals surface area contributed by atoms with Crippen molar-refractivity contribution in [3.63, 3.8) is 0 Å². The maximum Gasteiger partial charge on any atom is 0.273 e. The van der Waals surface area contributed by atoms with Crippen LogP contribution in [0.5, 0.6) is 0 Å². The summed E-state index contributed by atoms with van der Waals surface area (Å²) in [7, 11) is 0. The van der Waals surface area contributed by atoms with Gasteiger partial charge >= 0.3 is 0 Å². The van der Waals surface area contributed by atoms with Gasteiger partial charge in [-0.3, -0.25) is 9.59 Å². The normalized spacial score (nSPS) is 15.2. The van der Waals surface area contributed by atoms with Crippen LogP contribution in [0.3, 0.4) is 0 Å². The lowest BCUT2D eigenvalue weighted by molar-refractivity contribution is -0.121. The molecule has 1 aromatic heterocycles. The fraction of sp³-hybridized carbons (Fsp3) is 0.320. The lowest BCUT2D eigenvalue weighted by atomic mass is 10.2. The van der Waals surface area contributed by atoms with Gasteiger partial charge in [-0.15, -0.1) is 11.3 Å². The highest BCUT2D eigenvalue weighted by atomic mass is 32.1. The van der Waals surface area contributed by atoms with Crippen molar-refractivity contribution in [2.24, 2.45) is 0 Å². The molecule has 8 heteroatoms. The third-order valence-corrected chi connectivity index (χ3v) is 6.17. The standard InChI is InChI=1S/C25H28N4O3S/c30-23(26-16-21-12-7-15-32-21)13-14-29(17-19-8-3-1-4-9-19)24(31)22-18-33-25(28-22)27-20-10-5-2-6-11-20/h1-6,8-11,18,21H,7,12-17H2,(H,26,30)(H,27,28)/t21-/m0/s1. The molecule has 172 valence electrons. The van der Waals surface area contributed by atoms with Gasteiger partial charge in [0.15, 0.2) is 5.13 Å². The molecule has 0 radical (unpaired) electrons. The number of carbonyl (C=O) groups is 2. The Balaban J connectivity index is 1.39. The third-order valence-electron chi connectivity index (χ3n) is 5.41. The summed E-state index contributed by atoms with van der Waals surface area (Å²) in [6, 6.07) is 19.5. The molecule has 2 aromatic carbocycles. The van der Waals surface area contributed by atoms with E-state index in [2.05, 4.69) is 15.6 Å². The van der Waals surface area contributed by atoms with Gasteiger partial charge in [0, 0.05) is 43.7 Å². The van der Waals surface area contributed by atoms with Crippen molar-refractivity contribution >= 4 is 34.0 Å². The van der Waals surface area contributed by atoms with Crippen LogP contribution in [0.4, 0.5) is 10.8 Å². The molecular weight excluding hydrogens is 436 g/mol. The summed E-state index contributed by atoms with van der Waals surface area (Å²) >= 11 is 1.38. The largest absolute Gasteiger partial charge is 0.376 e. The Morgan fingerprint density at radius 2 is 1.85 bits per heavy atom. The molecule has 0 bridgehead atoms. The molecule has 1 atom stereocenters. The van der Waals surface area contributed by atoms with Gasteiger partial charge in [0.2, 0.25) is 5.91 Å². The van der Waals surface area contributed by atoms with Crippen molar-refractivity contribution in [1.82, 2.24) is 15.2 Å². The summed E-state index contributed by atoms with van der Waals surface area (Å²) in [5.74, 6) is -0.274. The molecular formula is C25H28N4O3S. The number of rotatable bonds is 10. The molecule has 4 rings (SSSR count). The number of aromatic nitrogens is 1. The van der Waals surface area contributed by atoms with Crippen LogP contribution in [0.1, 0.15) is 35.3 Å². The van der Waals surface area contributed by atoms with E-state index in [-0.39, 0.29) is 24.3 Å². The Labute approximate surface area is 197 Å². The zero-order chi connectivity index (χ0) is 22.9. The Kier molecular flexibility index (Phi) is 8.05. The van der Waals surface area contributed by atoms with Crippen molar-refractivity contribution in [3.8, 4) is 0 Å². The van der Waals surface area contributed by atoms with Crippen LogP contribution in [0.25, 0.3) is 0 Å². The van der Waals surface area contributed by atoms with Crippen molar-refractivity contribution < 1.29 is 14.3 Å². The smallest absolute Gasteiger partial charge is 0.273 e. The quantitative estimate of drug-likeness (QED) is 0.470. The summed E-state index contributed by atoms with van der Waals surface area (Å²) in [6.45, 7) is 2.00. The molecule has 1 fully saturated rings. The zero-order valence-corrected chi connectivity index (χ0v) is 19.2. The molecule has 0 aliphatic carbocycles. The summed E-state index contributed by atoms with van der Waals surface area (Å²) in [6.07, 6.45) is 2.34. The lowest BCUT2D eigenvalue weighted by Gasteiger charge is -2.22. The molecule has 2 heterocycles. The number of ether oxygens (including phenoxy) is 1. The first-order chi connectivity index (χ1) is 16.2. The minimum Gasteiger partial charge on any atom is -0.376 e. The van der Waals surface area contributed by atoms with E-state index >= 15 is 0 Å². The third kappa shape index (κ3) is 6.87. The molecule has 2 N–H and O–H groups in total. The lowest BCUT2D eigenvalue weighted by Crippen LogP contribution is -2.37. The summed E-state index contributed by atoms with van der Waals surface area (Å²) in [5.41, 5.74) is 2.28. The fourth-order valence-electron chi connectivity index (χ4n) is 3.65. The van der Waals surface area contributed by atoms with Crippen LogP contribution in [-0.4, -0.2) is 47.5 Å². The van der Waals surface area contributed by atoms with Crippen LogP contribution >= 0.6 is 11.3 Å². The number of anilines is 2. The summed E-state index contributed by atoms with van der Waals surface area (Å²) in [4.78, 5) is 31.8. The zero-order valence-electron chi connectivity index (χ0n) is 18.4. The highest BCUT2D eigenvalue weighted by molar-refractivity contribution is 7.14. The predicted molar refractivity (Wildman–Crippen MR) is 130 cm³/mol. The average molecular weight is 465 g/mol. The number of nitrogens with one attached hydrogen (secondary N) is 2. The number of para-hydroxylation sites is 1. The first kappa shape index (κ1) is 22.9. The van der Waals surface area contributed by atoms with Gasteiger partial charge in [-0.2, -0.15) is 0 Å². The van der Waals surface area contributed by atoms with E-state index in [4.69, 9.17) is 4.74 Å². The first-order valence-electron chi connectivity index (χ1n) is 11.2. The Morgan fingerprint density at radius 3 is 2.58 bits per heavy atom. The summed E-state index contributed by atoms with van der Waals surface area (Å²) in [5, 5.41) is 8.56. The molecule has 1 saturated heterocycles. The number of thiazole rings is 1. The molecule has 33 heavy (non-hydrogen) atoms. The van der Waals surface area contributed by atoms with Gasteiger partial charge in [0.05, 0.1) is 6.10 Å². The topological polar surface area (TPSA) is 83.6 Å². The Morgan fingerprint density at radius 1 is 1.09 bits per heavy atom. The van der Waals surface area contributed by atoms with E-state index < -0.39 is 0 Å². The van der Waals surface area contributed by atoms with Crippen LogP contribution < -0.4 is 10.6 Å². The van der Waals surface area contributed by atoms with Crippen molar-refractivity contribution in [1.29, 1.82) is 0 Å². The summed E-state index contributed by atoms with van der Waals surface area (Å²) < 4.78 is 5.56. The Hall–Kier alpha value is -3.23. The monoisotopic (exact) mass is 464 g/mol. The maximum absolute atomic E-state index is 13.3. The van der Waals surface area contributed by atoms with Gasteiger partial charge in [0.25, 0.3) is 5.91 Å². The second kappa shape index (κ2) is 11.6. The van der Waals surface area contributed by atoms with Crippen LogP contribution in [0.15, 0.2) is 66.0 Å². The minimum atomic E-state index is -0.192. The molecule has 1 aliphatic rings. The molecule has 0 unspecified atom stereocenters. The van der Waals surface area contributed by atoms with Crippen LogP contribution in [0, 0.1) is 0 Å². The van der Waals surface area contributed by atoms with E-state index in [9.17, 15) is 9.59 Å². The van der Waals surface area contributed by atoms with Gasteiger partial charge in [-0.1, -0.05) is 48.5 Å². The highest BCUT2D eigenvalue weighted by Gasteiger charge is 2.21. The number of nitrogens with zero attached hydrogens (tertiary/aromatic N) is 2. The van der Waals surface area contributed by atoms with E-state index in [1.54, 1.807) is 10.3 Å². The van der Waals surface area contributed by atoms with Gasteiger partial charge in [0.1, 0.15) is 5.69 Å². The average Bonchev–Trinajstić information content (AvgIpc) is 3.54. The highest BCUT2D eigenvalue weighted by Crippen LogP contribution is 2.22. The van der Waals surface area contributed by atoms with Gasteiger partial charge in [-0.25, -0.2) is 4.98 Å². The van der Waals surface area contributed by atoms with Crippen molar-refractivity contribution in [3.05, 3.63) is 77.3 Å². The van der Waals surface area contributed by atoms with Crippen molar-refractivity contribution in [2.75, 3.05) is 25.0 Å². The second-order valence-corrected chi connectivity index (χ2v) is 8.79. The predicted octanol–water partition coefficient (Wildman–Crippen LogP) is 4.21. The SMILES string of the molecule is O=C(CCN(Cc1ccccc1)C(=O)c1csc(Nc2ccccc2)n1)NC[C@@H]1CCCO1. The molecule has 7 nitrogen and oxygen atoms in total. The number of benzene rings is 2. The number of carbonyl (C=O) groups excluding carboxylic acids is 2. The number of amides is 2. The van der Waals surface area contributed by atoms with Crippen molar-refractivity contribution in [2.45, 2.75) is 31.9 Å². The fourth-order valence-corrected chi connectivity index (χ4v) is 4.36. The van der Waals surface area contributed by atoms with E-state index in [0.29, 0.717) is 30.5 Å². The van der Waals surface area contributed by atoms with E-state index in [0.717, 1.165) is 30.7 Å².